The summed E-state index contributed by atoms with van der Waals surface area (Å²) < 4.78 is 47.4. The van der Waals surface area contributed by atoms with Gasteiger partial charge in [-0.25, -0.2) is 18.3 Å². The molecule has 4 aromatic carbocycles. The van der Waals surface area contributed by atoms with Crippen molar-refractivity contribution in [2.45, 2.75) is 162 Å². The summed E-state index contributed by atoms with van der Waals surface area (Å²) in [7, 11) is 8.30. The normalized spacial score (nSPS) is 12.8. The Morgan fingerprint density at radius 3 is 1.27 bits per heavy atom. The molecule has 78 heavy (non-hydrogen) atoms. The Bertz CT molecular complexity index is 3460. The van der Waals surface area contributed by atoms with Gasteiger partial charge in [-0.3, -0.25) is 0 Å². The Kier molecular flexibility index (Phi) is 18.9. The van der Waals surface area contributed by atoms with Crippen molar-refractivity contribution in [3.05, 3.63) is 213 Å². The number of pyridine rings is 4. The number of rotatable bonds is 9. The fourth-order valence-corrected chi connectivity index (χ4v) is 10.2. The van der Waals surface area contributed by atoms with Crippen LogP contribution < -0.4 is 18.3 Å². The first kappa shape index (κ1) is 54.8. The van der Waals surface area contributed by atoms with Gasteiger partial charge in [0.15, 0.2) is 24.8 Å². The van der Waals surface area contributed by atoms with E-state index >= 15 is 0 Å². The van der Waals surface area contributed by atoms with E-state index in [0.717, 1.165) is 40.8 Å². The minimum atomic E-state index is -2.08. The van der Waals surface area contributed by atoms with Crippen molar-refractivity contribution >= 4 is 0 Å². The molecule has 0 radical (unpaired) electrons. The molecule has 0 unspecified atom stereocenters. The van der Waals surface area contributed by atoms with Crippen LogP contribution in [0.3, 0.4) is 0 Å². The molecule has 0 spiro atoms. The van der Waals surface area contributed by atoms with E-state index in [0.29, 0.717) is 16.9 Å². The lowest BCUT2D eigenvalue weighted by atomic mass is 9.81. The zero-order valence-electron chi connectivity index (χ0n) is 57.1. The second kappa shape index (κ2) is 26.9. The van der Waals surface area contributed by atoms with Crippen molar-refractivity contribution < 1.29 is 25.1 Å². The van der Waals surface area contributed by atoms with Gasteiger partial charge in [0.2, 0.25) is 22.8 Å². The maximum Gasteiger partial charge on any atom is 0.212 e. The Morgan fingerprint density at radius 1 is 0.397 bits per heavy atom. The molecule has 0 aliphatic rings. The predicted molar refractivity (Wildman–Crippen MR) is 334 cm³/mol. The van der Waals surface area contributed by atoms with Crippen LogP contribution in [0.25, 0.3) is 45.0 Å². The first-order chi connectivity index (χ1) is 38.2. The maximum absolute atomic E-state index is 8.21. The van der Waals surface area contributed by atoms with Gasteiger partial charge in [0.25, 0.3) is 0 Å². The molecule has 412 valence electrons. The summed E-state index contributed by atoms with van der Waals surface area (Å²) in [6.45, 7) is 36.6. The van der Waals surface area contributed by atoms with Crippen molar-refractivity contribution in [2.24, 2.45) is 39.0 Å². The molecule has 0 saturated heterocycles. The van der Waals surface area contributed by atoms with E-state index in [4.69, 9.17) is 6.85 Å². The van der Waals surface area contributed by atoms with Gasteiger partial charge in [0, 0.05) is 75.6 Å². The Morgan fingerprint density at radius 2 is 0.821 bits per heavy atom. The minimum absolute atomic E-state index is 0.287. The Balaban J connectivity index is 0.000000204. The number of aryl methyl sites for hydroxylation is 11. The van der Waals surface area contributed by atoms with E-state index in [1.807, 2.05) is 70.6 Å². The van der Waals surface area contributed by atoms with Crippen LogP contribution in [0.1, 0.15) is 174 Å². The zero-order chi connectivity index (χ0) is 62.3. The van der Waals surface area contributed by atoms with Crippen LogP contribution in [0.5, 0.6) is 0 Å². The fraction of sp³-hybridized carbons (Fsp3) is 0.405. The second-order valence-electron chi connectivity index (χ2n) is 25.2. The SMILES string of the molecule is Cc1ccc(-c2ccc(C(C)C)c[n+]2C)c(C)c1.Cc1ccccc1-c1cc(CC(C)(C)C)c(CC(C)(C)C)c[n+]1C.[2H]C(C)(C)c1c[n+](C)c(-c2ccccc2C)cc1C.[2H]C([2H])([2H])c1ccc(-c2ccc(C([2H])(C)C)c[n+]2C)c(C)c1. The molecule has 4 heteroatoms. The van der Waals surface area contributed by atoms with E-state index in [9.17, 15) is 0 Å². The van der Waals surface area contributed by atoms with Crippen LogP contribution in [0.2, 0.25) is 0 Å². The van der Waals surface area contributed by atoms with Crippen molar-refractivity contribution in [1.29, 1.82) is 0 Å². The molecule has 0 fully saturated rings. The lowest BCUT2D eigenvalue weighted by molar-refractivity contribution is -0.661. The van der Waals surface area contributed by atoms with Crippen molar-refractivity contribution in [3.8, 4) is 45.0 Å². The summed E-state index contributed by atoms with van der Waals surface area (Å²) in [6.07, 6.45) is 10.9. The van der Waals surface area contributed by atoms with Crippen LogP contribution in [0.15, 0.2) is 146 Å². The van der Waals surface area contributed by atoms with Gasteiger partial charge in [0.05, 0.1) is 0 Å². The van der Waals surface area contributed by atoms with Crippen LogP contribution in [0.4, 0.5) is 0 Å². The molecule has 0 amide bonds. The van der Waals surface area contributed by atoms with Gasteiger partial charge >= 0.3 is 0 Å². The molecule has 0 aliphatic carbocycles. The molecule has 4 nitrogen and oxygen atoms in total. The first-order valence-corrected chi connectivity index (χ1v) is 28.1. The van der Waals surface area contributed by atoms with E-state index in [1.165, 1.54) is 78.3 Å². The molecular formula is C74H100N4+4. The van der Waals surface area contributed by atoms with Gasteiger partial charge in [-0.05, 0) is 160 Å². The third kappa shape index (κ3) is 17.2. The highest BCUT2D eigenvalue weighted by molar-refractivity contribution is 5.64. The monoisotopic (exact) mass is 1050 g/mol. The number of aromatic nitrogens is 4. The topological polar surface area (TPSA) is 15.5 Å². The molecule has 0 aliphatic heterocycles. The van der Waals surface area contributed by atoms with Crippen LogP contribution in [0, 0.1) is 59.2 Å². The summed E-state index contributed by atoms with van der Waals surface area (Å²) >= 11 is 0. The summed E-state index contributed by atoms with van der Waals surface area (Å²) in [4.78, 5) is 0. The fourth-order valence-electron chi connectivity index (χ4n) is 10.2. The molecule has 0 atom stereocenters. The maximum atomic E-state index is 8.21. The molecule has 0 saturated carbocycles. The highest BCUT2D eigenvalue weighted by Gasteiger charge is 2.24. The van der Waals surface area contributed by atoms with Gasteiger partial charge in [0.1, 0.15) is 28.2 Å². The molecule has 0 N–H and O–H groups in total. The standard InChI is InChI=1S/C23H34N.3C17H22N/c1-17-11-9-10-12-20(17)21-13-18(14-22(2,3)4)19(16-24(21)8)15-23(5,6)7;2*1-12(2)15-7-9-17(18(5)11-15)16-8-6-13(3)10-14(16)4;1-12(2)16-11-18(5)17(10-14(16)4)15-9-7-6-8-13(15)3/h9-13,16H,14-15H2,1-8H3;3*6-12H,1-5H3/q4*+1/i;3D3,12D;;12D. The number of nitrogens with zero attached hydrogens (tertiary/aromatic N) is 4. The lowest BCUT2D eigenvalue weighted by Crippen LogP contribution is -2.33. The summed E-state index contributed by atoms with van der Waals surface area (Å²) in [5, 5.41) is 0. The summed E-state index contributed by atoms with van der Waals surface area (Å²) in [5.74, 6) is -0.632. The molecule has 4 heterocycles. The smallest absolute Gasteiger partial charge is 0.201 e. The number of benzene rings is 4. The second-order valence-corrected chi connectivity index (χ2v) is 25.2. The molecule has 0 bridgehead atoms. The first-order valence-electron chi connectivity index (χ1n) is 30.6. The number of hydrogen-bond donors (Lipinski definition) is 0. The molecule has 8 rings (SSSR count). The molecular weight excluding hydrogens is 945 g/mol. The average Bonchev–Trinajstić information content (AvgIpc) is 3.35. The van der Waals surface area contributed by atoms with Crippen molar-refractivity contribution in [2.75, 3.05) is 0 Å². The van der Waals surface area contributed by atoms with Gasteiger partial charge in [-0.15, -0.1) is 0 Å². The quantitative estimate of drug-likeness (QED) is 0.128. The van der Waals surface area contributed by atoms with Gasteiger partial charge in [-0.1, -0.05) is 155 Å². The molecule has 8 aromatic rings. The zero-order valence-corrected chi connectivity index (χ0v) is 52.1. The van der Waals surface area contributed by atoms with Gasteiger partial charge in [-0.2, -0.15) is 0 Å². The Hall–Kier alpha value is -6.52. The average molecular weight is 1050 g/mol. The van der Waals surface area contributed by atoms with E-state index in [-0.39, 0.29) is 5.41 Å². The highest BCUT2D eigenvalue weighted by atomic mass is 14.9. The van der Waals surface area contributed by atoms with Crippen LogP contribution >= 0.6 is 0 Å². The van der Waals surface area contributed by atoms with Crippen LogP contribution in [-0.2, 0) is 41.0 Å². The van der Waals surface area contributed by atoms with E-state index in [1.54, 1.807) is 12.1 Å². The third-order valence-electron chi connectivity index (χ3n) is 14.5. The van der Waals surface area contributed by atoms with Crippen molar-refractivity contribution in [1.82, 2.24) is 0 Å². The Labute approximate surface area is 482 Å². The number of hydrogen-bond acceptors (Lipinski definition) is 0. The van der Waals surface area contributed by atoms with Gasteiger partial charge < -0.3 is 0 Å². The predicted octanol–water partition coefficient (Wildman–Crippen LogP) is 17.4. The summed E-state index contributed by atoms with van der Waals surface area (Å²) in [5.41, 5.74) is 24.4. The minimum Gasteiger partial charge on any atom is -0.201 e. The van der Waals surface area contributed by atoms with Crippen molar-refractivity contribution in [3.63, 3.8) is 0 Å². The largest absolute Gasteiger partial charge is 0.212 e. The summed E-state index contributed by atoms with van der Waals surface area (Å²) in [6, 6.07) is 42.0. The highest BCUT2D eigenvalue weighted by Crippen LogP contribution is 2.31. The lowest BCUT2D eigenvalue weighted by Gasteiger charge is -2.24. The van der Waals surface area contributed by atoms with E-state index in [2.05, 4.69) is 234 Å². The third-order valence-corrected chi connectivity index (χ3v) is 14.5. The van der Waals surface area contributed by atoms with Crippen LogP contribution in [-0.4, -0.2) is 0 Å². The molecule has 4 aromatic heterocycles. The van der Waals surface area contributed by atoms with E-state index < -0.39 is 18.6 Å².